The molecule has 4 nitrogen and oxygen atoms in total. The normalized spacial score (nSPS) is 23.6. The molecule has 0 aromatic heterocycles. The van der Waals surface area contributed by atoms with E-state index in [2.05, 4.69) is 40.1 Å². The summed E-state index contributed by atoms with van der Waals surface area (Å²) in [6.45, 7) is 6.65. The van der Waals surface area contributed by atoms with E-state index >= 15 is 0 Å². The first-order chi connectivity index (χ1) is 9.51. The Bertz CT molecular complexity index is 492. The van der Waals surface area contributed by atoms with Gasteiger partial charge in [0.2, 0.25) is 0 Å². The predicted octanol–water partition coefficient (Wildman–Crippen LogP) is 2.67. The lowest BCUT2D eigenvalue weighted by molar-refractivity contribution is 0.0953. The van der Waals surface area contributed by atoms with Crippen molar-refractivity contribution in [3.05, 3.63) is 33.8 Å². The summed E-state index contributed by atoms with van der Waals surface area (Å²) >= 11 is 3.56. The standard InChI is InChI=1S/C15H22BrN3O/c1-10-3-4-11(2)19(8-10)9-13-6-5-12(7-14(13)16)15(20)18-17/h5-7,10-11H,3-4,8-9,17H2,1-2H3,(H,18,20). The summed E-state index contributed by atoms with van der Waals surface area (Å²) in [4.78, 5) is 14.0. The number of hydrogen-bond acceptors (Lipinski definition) is 3. The zero-order valence-electron chi connectivity index (χ0n) is 12.0. The minimum Gasteiger partial charge on any atom is -0.296 e. The Kier molecular flexibility index (Phi) is 5.18. The summed E-state index contributed by atoms with van der Waals surface area (Å²) in [5.41, 5.74) is 3.93. The van der Waals surface area contributed by atoms with Crippen LogP contribution in [0.2, 0.25) is 0 Å². The summed E-state index contributed by atoms with van der Waals surface area (Å²) in [6.07, 6.45) is 2.57. The first-order valence-corrected chi connectivity index (χ1v) is 7.84. The number of nitrogens with one attached hydrogen (secondary N) is 1. The lowest BCUT2D eigenvalue weighted by Gasteiger charge is -2.37. The van der Waals surface area contributed by atoms with Crippen molar-refractivity contribution < 1.29 is 4.79 Å². The lowest BCUT2D eigenvalue weighted by atomic mass is 9.94. The van der Waals surface area contributed by atoms with Gasteiger partial charge in [-0.1, -0.05) is 28.9 Å². The third-order valence-electron chi connectivity index (χ3n) is 4.07. The van der Waals surface area contributed by atoms with Crippen molar-refractivity contribution in [1.29, 1.82) is 0 Å². The Hall–Kier alpha value is -0.910. The summed E-state index contributed by atoms with van der Waals surface area (Å²) in [6, 6.07) is 6.27. The number of likely N-dealkylation sites (tertiary alicyclic amines) is 1. The molecule has 2 unspecified atom stereocenters. The molecule has 1 aromatic rings. The average molecular weight is 340 g/mol. The zero-order valence-corrected chi connectivity index (χ0v) is 13.6. The molecule has 1 amide bonds. The van der Waals surface area contributed by atoms with Crippen molar-refractivity contribution in [3.8, 4) is 0 Å². The van der Waals surface area contributed by atoms with Gasteiger partial charge in [0.25, 0.3) is 5.91 Å². The van der Waals surface area contributed by atoms with Crippen LogP contribution < -0.4 is 11.3 Å². The summed E-state index contributed by atoms with van der Waals surface area (Å²) < 4.78 is 0.962. The van der Waals surface area contributed by atoms with E-state index in [0.717, 1.165) is 23.5 Å². The molecule has 1 heterocycles. The molecule has 110 valence electrons. The number of nitrogens with two attached hydrogens (primary N) is 1. The quantitative estimate of drug-likeness (QED) is 0.505. The van der Waals surface area contributed by atoms with E-state index in [1.54, 1.807) is 0 Å². The molecule has 0 radical (unpaired) electrons. The van der Waals surface area contributed by atoms with Gasteiger partial charge < -0.3 is 0 Å². The molecular formula is C15H22BrN3O. The molecule has 1 aliphatic rings. The topological polar surface area (TPSA) is 58.4 Å². The highest BCUT2D eigenvalue weighted by molar-refractivity contribution is 9.10. The Balaban J connectivity index is 2.11. The van der Waals surface area contributed by atoms with Crippen LogP contribution in [0.3, 0.4) is 0 Å². The van der Waals surface area contributed by atoms with E-state index in [1.807, 2.05) is 18.2 Å². The molecule has 5 heteroatoms. The van der Waals surface area contributed by atoms with Gasteiger partial charge in [0.05, 0.1) is 0 Å². The molecule has 0 aliphatic carbocycles. The second-order valence-electron chi connectivity index (χ2n) is 5.74. The maximum absolute atomic E-state index is 11.5. The molecule has 20 heavy (non-hydrogen) atoms. The van der Waals surface area contributed by atoms with Gasteiger partial charge in [-0.15, -0.1) is 0 Å². The van der Waals surface area contributed by atoms with Crippen LogP contribution in [0.5, 0.6) is 0 Å². The van der Waals surface area contributed by atoms with Crippen molar-refractivity contribution in [2.45, 2.75) is 39.3 Å². The van der Waals surface area contributed by atoms with Crippen LogP contribution in [-0.4, -0.2) is 23.4 Å². The van der Waals surface area contributed by atoms with Crippen LogP contribution in [-0.2, 0) is 6.54 Å². The van der Waals surface area contributed by atoms with Gasteiger partial charge in [-0.3, -0.25) is 15.1 Å². The maximum Gasteiger partial charge on any atom is 0.265 e. The lowest BCUT2D eigenvalue weighted by Crippen LogP contribution is -2.40. The number of nitrogens with zero attached hydrogens (tertiary/aromatic N) is 1. The highest BCUT2D eigenvalue weighted by Gasteiger charge is 2.23. The van der Waals surface area contributed by atoms with Gasteiger partial charge in [-0.05, 0) is 43.4 Å². The summed E-state index contributed by atoms with van der Waals surface area (Å²) in [5.74, 6) is 5.64. The van der Waals surface area contributed by atoms with E-state index in [4.69, 9.17) is 5.84 Å². The van der Waals surface area contributed by atoms with Gasteiger partial charge in [-0.2, -0.15) is 0 Å². The smallest absolute Gasteiger partial charge is 0.265 e. The van der Waals surface area contributed by atoms with E-state index in [-0.39, 0.29) is 5.91 Å². The Morgan fingerprint density at radius 1 is 1.45 bits per heavy atom. The van der Waals surface area contributed by atoms with Gasteiger partial charge >= 0.3 is 0 Å². The number of carbonyl (C=O) groups is 1. The molecule has 1 aliphatic heterocycles. The number of carbonyl (C=O) groups excluding carboxylic acids is 1. The van der Waals surface area contributed by atoms with Crippen LogP contribution in [0.15, 0.2) is 22.7 Å². The largest absolute Gasteiger partial charge is 0.296 e. The molecule has 3 N–H and O–H groups in total. The average Bonchev–Trinajstić information content (AvgIpc) is 2.44. The maximum atomic E-state index is 11.5. The second kappa shape index (κ2) is 6.70. The number of benzene rings is 1. The van der Waals surface area contributed by atoms with Gasteiger partial charge in [0.15, 0.2) is 0 Å². The van der Waals surface area contributed by atoms with Gasteiger partial charge in [-0.25, -0.2) is 5.84 Å². The van der Waals surface area contributed by atoms with Crippen molar-refractivity contribution in [3.63, 3.8) is 0 Å². The zero-order chi connectivity index (χ0) is 14.7. The molecule has 1 saturated heterocycles. The molecule has 0 bridgehead atoms. The van der Waals surface area contributed by atoms with Gasteiger partial charge in [0, 0.05) is 29.2 Å². The Labute approximate surface area is 128 Å². The number of amides is 1. The highest BCUT2D eigenvalue weighted by Crippen LogP contribution is 2.26. The van der Waals surface area contributed by atoms with Crippen LogP contribution in [0, 0.1) is 5.92 Å². The SMILES string of the molecule is CC1CCC(C)N(Cc2ccc(C(=O)NN)cc2Br)C1. The third-order valence-corrected chi connectivity index (χ3v) is 4.80. The minimum absolute atomic E-state index is 0.266. The monoisotopic (exact) mass is 339 g/mol. The molecule has 1 aromatic carbocycles. The van der Waals surface area contributed by atoms with Crippen molar-refractivity contribution in [2.24, 2.45) is 11.8 Å². The van der Waals surface area contributed by atoms with Crippen molar-refractivity contribution >= 4 is 21.8 Å². The third kappa shape index (κ3) is 3.59. The van der Waals surface area contributed by atoms with Crippen molar-refractivity contribution in [2.75, 3.05) is 6.54 Å². The van der Waals surface area contributed by atoms with E-state index in [1.165, 1.54) is 18.4 Å². The van der Waals surface area contributed by atoms with Crippen LogP contribution in [0.25, 0.3) is 0 Å². The summed E-state index contributed by atoms with van der Waals surface area (Å²) in [7, 11) is 0. The Morgan fingerprint density at radius 2 is 2.20 bits per heavy atom. The second-order valence-corrected chi connectivity index (χ2v) is 6.59. The molecule has 1 fully saturated rings. The Morgan fingerprint density at radius 3 is 2.85 bits per heavy atom. The fourth-order valence-electron chi connectivity index (χ4n) is 2.72. The number of piperidine rings is 1. The fourth-order valence-corrected chi connectivity index (χ4v) is 3.22. The van der Waals surface area contributed by atoms with Crippen LogP contribution in [0.1, 0.15) is 42.6 Å². The number of hydrogen-bond donors (Lipinski definition) is 2. The number of hydrazine groups is 1. The number of halogens is 1. The van der Waals surface area contributed by atoms with E-state index in [9.17, 15) is 4.79 Å². The van der Waals surface area contributed by atoms with Crippen molar-refractivity contribution in [1.82, 2.24) is 10.3 Å². The first-order valence-electron chi connectivity index (χ1n) is 7.04. The first kappa shape index (κ1) is 15.5. The molecule has 0 spiro atoms. The van der Waals surface area contributed by atoms with Crippen LogP contribution in [0.4, 0.5) is 0 Å². The predicted molar refractivity (Wildman–Crippen MR) is 84.1 cm³/mol. The summed E-state index contributed by atoms with van der Waals surface area (Å²) in [5, 5.41) is 0. The molecule has 2 atom stereocenters. The molecular weight excluding hydrogens is 318 g/mol. The highest BCUT2D eigenvalue weighted by atomic mass is 79.9. The van der Waals surface area contributed by atoms with E-state index in [0.29, 0.717) is 11.6 Å². The molecule has 2 rings (SSSR count). The minimum atomic E-state index is -0.266. The molecule has 0 saturated carbocycles. The fraction of sp³-hybridized carbons (Fsp3) is 0.533. The van der Waals surface area contributed by atoms with Gasteiger partial charge in [0.1, 0.15) is 0 Å². The number of nitrogen functional groups attached to an aromatic ring is 1. The number of rotatable bonds is 3. The van der Waals surface area contributed by atoms with E-state index < -0.39 is 0 Å². The van der Waals surface area contributed by atoms with Crippen LogP contribution >= 0.6 is 15.9 Å².